The summed E-state index contributed by atoms with van der Waals surface area (Å²) >= 11 is 5.77. The maximum Gasteiger partial charge on any atom is 0.263 e. The number of benzene rings is 1. The van der Waals surface area contributed by atoms with Crippen molar-refractivity contribution in [3.05, 3.63) is 66.1 Å². The van der Waals surface area contributed by atoms with Crippen molar-refractivity contribution in [1.29, 1.82) is 0 Å². The first-order chi connectivity index (χ1) is 11.0. The van der Waals surface area contributed by atoms with E-state index in [4.69, 9.17) is 11.6 Å². The van der Waals surface area contributed by atoms with Gasteiger partial charge >= 0.3 is 0 Å². The van der Waals surface area contributed by atoms with Crippen LogP contribution in [-0.4, -0.2) is 23.4 Å². The number of nitrogens with one attached hydrogen (secondary N) is 1. The number of sulfonamides is 1. The van der Waals surface area contributed by atoms with Crippen LogP contribution in [0, 0.1) is 0 Å². The highest BCUT2D eigenvalue weighted by atomic mass is 35.5. The first-order valence-corrected chi connectivity index (χ1v) is 8.42. The highest BCUT2D eigenvalue weighted by molar-refractivity contribution is 7.92. The minimum absolute atomic E-state index is 0.100. The van der Waals surface area contributed by atoms with Gasteiger partial charge in [-0.05, 0) is 42.5 Å². The lowest BCUT2D eigenvalue weighted by Gasteiger charge is -2.08. The van der Waals surface area contributed by atoms with E-state index in [1.54, 1.807) is 24.5 Å². The molecular formula is C15H11ClN4O2S. The SMILES string of the molecule is O=S(=O)(Nc1ccnc(-c2cccnc2)n1)c1ccc(Cl)cc1. The van der Waals surface area contributed by atoms with Crippen molar-refractivity contribution < 1.29 is 8.42 Å². The zero-order chi connectivity index (χ0) is 16.3. The predicted molar refractivity (Wildman–Crippen MR) is 87.5 cm³/mol. The largest absolute Gasteiger partial charge is 0.264 e. The van der Waals surface area contributed by atoms with Gasteiger partial charge in [0.1, 0.15) is 5.82 Å². The van der Waals surface area contributed by atoms with Crippen LogP contribution in [0.15, 0.2) is 66.0 Å². The molecule has 0 aliphatic rings. The van der Waals surface area contributed by atoms with Gasteiger partial charge in [0.15, 0.2) is 5.82 Å². The van der Waals surface area contributed by atoms with Crippen LogP contribution < -0.4 is 4.72 Å². The number of hydrogen-bond donors (Lipinski definition) is 1. The number of anilines is 1. The van der Waals surface area contributed by atoms with Gasteiger partial charge in [0.25, 0.3) is 10.0 Å². The van der Waals surface area contributed by atoms with Crippen LogP contribution >= 0.6 is 11.6 Å². The third kappa shape index (κ3) is 3.64. The summed E-state index contributed by atoms with van der Waals surface area (Å²) < 4.78 is 27.1. The summed E-state index contributed by atoms with van der Waals surface area (Å²) in [6.07, 6.45) is 4.72. The Kier molecular flexibility index (Phi) is 4.22. The van der Waals surface area contributed by atoms with E-state index >= 15 is 0 Å². The second-order valence-corrected chi connectivity index (χ2v) is 6.69. The average molecular weight is 347 g/mol. The molecule has 3 rings (SSSR count). The van der Waals surface area contributed by atoms with Crippen LogP contribution in [0.25, 0.3) is 11.4 Å². The zero-order valence-corrected chi connectivity index (χ0v) is 13.3. The lowest BCUT2D eigenvalue weighted by atomic mass is 10.3. The van der Waals surface area contributed by atoms with E-state index in [0.29, 0.717) is 16.4 Å². The molecule has 1 N–H and O–H groups in total. The highest BCUT2D eigenvalue weighted by Crippen LogP contribution is 2.19. The van der Waals surface area contributed by atoms with E-state index in [1.807, 2.05) is 0 Å². The van der Waals surface area contributed by atoms with Gasteiger partial charge in [-0.1, -0.05) is 11.6 Å². The average Bonchev–Trinajstić information content (AvgIpc) is 2.56. The van der Waals surface area contributed by atoms with Crippen molar-refractivity contribution in [1.82, 2.24) is 15.0 Å². The Hall–Kier alpha value is -2.51. The van der Waals surface area contributed by atoms with Crippen molar-refractivity contribution in [2.24, 2.45) is 0 Å². The summed E-state index contributed by atoms with van der Waals surface area (Å²) in [5, 5.41) is 0.463. The van der Waals surface area contributed by atoms with Crippen LogP contribution in [0.4, 0.5) is 5.82 Å². The van der Waals surface area contributed by atoms with Gasteiger partial charge in [0.2, 0.25) is 0 Å². The Morgan fingerprint density at radius 1 is 1.00 bits per heavy atom. The molecule has 0 amide bonds. The molecule has 0 unspecified atom stereocenters. The minimum Gasteiger partial charge on any atom is -0.264 e. The van der Waals surface area contributed by atoms with Crippen LogP contribution in [0.3, 0.4) is 0 Å². The summed E-state index contributed by atoms with van der Waals surface area (Å²) in [5.41, 5.74) is 0.694. The van der Waals surface area contributed by atoms with E-state index < -0.39 is 10.0 Å². The third-order valence-electron chi connectivity index (χ3n) is 2.94. The van der Waals surface area contributed by atoms with E-state index in [0.717, 1.165) is 0 Å². The Balaban J connectivity index is 1.90. The maximum atomic E-state index is 12.3. The first kappa shape index (κ1) is 15.4. The monoisotopic (exact) mass is 346 g/mol. The van der Waals surface area contributed by atoms with Crippen molar-refractivity contribution in [3.63, 3.8) is 0 Å². The molecule has 2 aromatic heterocycles. The van der Waals surface area contributed by atoms with Crippen LogP contribution in [0.1, 0.15) is 0 Å². The van der Waals surface area contributed by atoms with Gasteiger partial charge in [-0.15, -0.1) is 0 Å². The van der Waals surface area contributed by atoms with Gasteiger partial charge in [-0.25, -0.2) is 18.4 Å². The topological polar surface area (TPSA) is 84.8 Å². The molecule has 23 heavy (non-hydrogen) atoms. The number of rotatable bonds is 4. The molecule has 3 aromatic rings. The number of nitrogens with zero attached hydrogens (tertiary/aromatic N) is 3. The quantitative estimate of drug-likeness (QED) is 0.785. The fourth-order valence-electron chi connectivity index (χ4n) is 1.86. The number of aromatic nitrogens is 3. The molecule has 0 fully saturated rings. The summed E-state index contributed by atoms with van der Waals surface area (Å²) in [4.78, 5) is 12.4. The summed E-state index contributed by atoms with van der Waals surface area (Å²) in [6.45, 7) is 0. The minimum atomic E-state index is -3.74. The lowest BCUT2D eigenvalue weighted by Crippen LogP contribution is -2.14. The molecule has 0 aliphatic heterocycles. The Labute approximate surface area is 138 Å². The van der Waals surface area contributed by atoms with Gasteiger partial charge < -0.3 is 0 Å². The third-order valence-corrected chi connectivity index (χ3v) is 4.56. The molecular weight excluding hydrogens is 336 g/mol. The smallest absolute Gasteiger partial charge is 0.263 e. The van der Waals surface area contributed by atoms with Crippen LogP contribution in [0.5, 0.6) is 0 Å². The maximum absolute atomic E-state index is 12.3. The predicted octanol–water partition coefficient (Wildman–Crippen LogP) is 2.99. The molecule has 0 radical (unpaired) electrons. The first-order valence-electron chi connectivity index (χ1n) is 6.56. The zero-order valence-electron chi connectivity index (χ0n) is 11.7. The second-order valence-electron chi connectivity index (χ2n) is 4.57. The fraction of sp³-hybridized carbons (Fsp3) is 0. The fourth-order valence-corrected chi connectivity index (χ4v) is 2.99. The van der Waals surface area contributed by atoms with Crippen LogP contribution in [0.2, 0.25) is 5.02 Å². The number of halogens is 1. The Bertz CT molecular complexity index is 916. The molecule has 1 aromatic carbocycles. The molecule has 2 heterocycles. The van der Waals surface area contributed by atoms with Gasteiger partial charge in [-0.2, -0.15) is 0 Å². The molecule has 0 aliphatic carbocycles. The summed E-state index contributed by atoms with van der Waals surface area (Å²) in [6, 6.07) is 10.9. The lowest BCUT2D eigenvalue weighted by molar-refractivity contribution is 0.601. The molecule has 116 valence electrons. The second kappa shape index (κ2) is 6.31. The molecule has 0 spiro atoms. The van der Waals surface area contributed by atoms with Gasteiger partial charge in [-0.3, -0.25) is 9.71 Å². The molecule has 0 saturated heterocycles. The number of pyridine rings is 1. The summed E-state index contributed by atoms with van der Waals surface area (Å²) in [7, 11) is -3.74. The normalized spacial score (nSPS) is 11.2. The molecule has 6 nitrogen and oxygen atoms in total. The van der Waals surface area contributed by atoms with Crippen LogP contribution in [-0.2, 0) is 10.0 Å². The molecule has 0 atom stereocenters. The summed E-state index contributed by atoms with van der Waals surface area (Å²) in [5.74, 6) is 0.559. The van der Waals surface area contributed by atoms with Crippen molar-refractivity contribution in [2.75, 3.05) is 4.72 Å². The van der Waals surface area contributed by atoms with Crippen molar-refractivity contribution in [2.45, 2.75) is 4.90 Å². The Morgan fingerprint density at radius 3 is 2.48 bits per heavy atom. The number of hydrogen-bond acceptors (Lipinski definition) is 5. The van der Waals surface area contributed by atoms with E-state index in [-0.39, 0.29) is 10.7 Å². The van der Waals surface area contributed by atoms with Gasteiger partial charge in [0, 0.05) is 29.2 Å². The Morgan fingerprint density at radius 2 is 1.78 bits per heavy atom. The van der Waals surface area contributed by atoms with Crippen molar-refractivity contribution >= 4 is 27.4 Å². The highest BCUT2D eigenvalue weighted by Gasteiger charge is 2.15. The molecule has 8 heteroatoms. The standard InChI is InChI=1S/C15H11ClN4O2S/c16-12-3-5-13(6-4-12)23(21,22)20-14-7-9-18-15(19-14)11-2-1-8-17-10-11/h1-10H,(H,18,19,20). The van der Waals surface area contributed by atoms with E-state index in [1.165, 1.54) is 36.5 Å². The van der Waals surface area contributed by atoms with Crippen molar-refractivity contribution in [3.8, 4) is 11.4 Å². The van der Waals surface area contributed by atoms with Gasteiger partial charge in [0.05, 0.1) is 4.90 Å². The van der Waals surface area contributed by atoms with E-state index in [2.05, 4.69) is 19.7 Å². The molecule has 0 bridgehead atoms. The van der Waals surface area contributed by atoms with E-state index in [9.17, 15) is 8.42 Å². The molecule has 0 saturated carbocycles.